The minimum Gasteiger partial charge on any atom is -0.472 e. The van der Waals surface area contributed by atoms with E-state index in [0.29, 0.717) is 17.5 Å². The van der Waals surface area contributed by atoms with Crippen LogP contribution in [0.3, 0.4) is 0 Å². The summed E-state index contributed by atoms with van der Waals surface area (Å²) >= 11 is 0. The van der Waals surface area contributed by atoms with Gasteiger partial charge in [-0.2, -0.15) is 19.6 Å². The molecule has 0 aliphatic heterocycles. The smallest absolute Gasteiger partial charge is 0.368 e. The number of H-pyrrole nitrogens is 1. The molecule has 4 rings (SSSR count). The minimum atomic E-state index is -0.374. The van der Waals surface area contributed by atoms with Gasteiger partial charge in [0.1, 0.15) is 12.3 Å². The number of aryl methyl sites for hydroxylation is 1. The Morgan fingerprint density at radius 1 is 1.48 bits per heavy atom. The van der Waals surface area contributed by atoms with Gasteiger partial charge in [-0.15, -0.1) is 5.10 Å². The van der Waals surface area contributed by atoms with Crippen molar-refractivity contribution in [1.82, 2.24) is 40.2 Å². The van der Waals surface area contributed by atoms with E-state index in [-0.39, 0.29) is 12.3 Å². The molecule has 0 amide bonds. The van der Waals surface area contributed by atoms with E-state index in [1.807, 2.05) is 0 Å². The highest BCUT2D eigenvalue weighted by Crippen LogP contribution is 2.41. The van der Waals surface area contributed by atoms with Crippen LogP contribution in [0.25, 0.3) is 5.69 Å². The monoisotopic (exact) mass is 316 g/mol. The Kier molecular flexibility index (Phi) is 2.88. The summed E-state index contributed by atoms with van der Waals surface area (Å²) in [4.78, 5) is 12.2. The Balaban J connectivity index is 1.74. The quantitative estimate of drug-likeness (QED) is 0.700. The van der Waals surface area contributed by atoms with Gasteiger partial charge in [-0.3, -0.25) is 5.09 Å². The van der Waals surface area contributed by atoms with Gasteiger partial charge in [0.25, 0.3) is 0 Å². The molecular formula is C13H14N8O2. The van der Waals surface area contributed by atoms with Gasteiger partial charge >= 0.3 is 5.69 Å². The fraction of sp³-hybridized carbons (Fsp3) is 0.385. The number of hydrogen-bond acceptors (Lipinski definition) is 7. The lowest BCUT2D eigenvalue weighted by atomic mass is 10.1. The van der Waals surface area contributed by atoms with E-state index in [4.69, 9.17) is 6.15 Å². The fourth-order valence-electron chi connectivity index (χ4n) is 2.34. The molecule has 1 saturated carbocycles. The number of nitrogens with zero attached hydrogens (tertiary/aromatic N) is 7. The van der Waals surface area contributed by atoms with E-state index in [2.05, 4.69) is 25.7 Å². The number of aromatic nitrogens is 8. The third kappa shape index (κ3) is 2.47. The number of hydrogen-bond donors (Lipinski definition) is 1. The van der Waals surface area contributed by atoms with Crippen LogP contribution in [0.1, 0.15) is 30.0 Å². The van der Waals surface area contributed by atoms with Crippen molar-refractivity contribution in [1.29, 1.82) is 0 Å². The van der Waals surface area contributed by atoms with E-state index in [0.717, 1.165) is 33.9 Å². The summed E-state index contributed by atoms with van der Waals surface area (Å²) in [5, 5.41) is 20.6. The second-order valence-electron chi connectivity index (χ2n) is 5.32. The predicted octanol–water partition coefficient (Wildman–Crippen LogP) is -0.0645. The average molecular weight is 316 g/mol. The van der Waals surface area contributed by atoms with Crippen LogP contribution in [0.15, 0.2) is 23.3 Å². The molecule has 3 aromatic rings. The maximum Gasteiger partial charge on any atom is 0.368 e. The van der Waals surface area contributed by atoms with Crippen LogP contribution in [-0.2, 0) is 13.7 Å². The molecule has 1 fully saturated rings. The number of ether oxygens (including phenoxy) is 1. The second-order valence-corrected chi connectivity index (χ2v) is 5.32. The lowest BCUT2D eigenvalue weighted by Crippen LogP contribution is -2.24. The third-order valence-corrected chi connectivity index (χ3v) is 3.68. The second kappa shape index (κ2) is 5.30. The zero-order chi connectivity index (χ0) is 16.7. The first kappa shape index (κ1) is 12.5. The van der Waals surface area contributed by atoms with Crippen LogP contribution in [-0.4, -0.2) is 40.2 Å². The van der Waals surface area contributed by atoms with Crippen molar-refractivity contribution in [2.75, 3.05) is 0 Å². The number of rotatable bonds is 5. The van der Waals surface area contributed by atoms with E-state index >= 15 is 0 Å². The highest BCUT2D eigenvalue weighted by Gasteiger charge is 2.30. The van der Waals surface area contributed by atoms with Crippen molar-refractivity contribution in [3.8, 4) is 11.6 Å². The van der Waals surface area contributed by atoms with Gasteiger partial charge < -0.3 is 4.74 Å². The largest absolute Gasteiger partial charge is 0.472 e. The van der Waals surface area contributed by atoms with Gasteiger partial charge in [-0.25, -0.2) is 4.79 Å². The van der Waals surface area contributed by atoms with Crippen molar-refractivity contribution < 1.29 is 6.15 Å². The van der Waals surface area contributed by atoms with Gasteiger partial charge in [0, 0.05) is 30.8 Å². The van der Waals surface area contributed by atoms with Crippen molar-refractivity contribution >= 4 is 0 Å². The van der Waals surface area contributed by atoms with Crippen LogP contribution < -0.4 is 10.4 Å². The van der Waals surface area contributed by atoms with Crippen LogP contribution in [0, 0.1) is 0 Å². The molecule has 0 spiro atoms. The van der Waals surface area contributed by atoms with Crippen molar-refractivity contribution in [3.63, 3.8) is 0 Å². The molecule has 10 nitrogen and oxygen atoms in total. The molecule has 0 saturated heterocycles. The van der Waals surface area contributed by atoms with Gasteiger partial charge in [-0.05, 0) is 23.3 Å². The molecule has 3 heterocycles. The number of nitrogens with one attached hydrogen (secondary N) is 1. The standard InChI is InChI=1S/C13H14N8O2/c1-20-13(22)21(19-18-20)10-6-15-17-12(8-2-3-8)9(10)7-23-11-4-5-14-16-11/h4-6,8H,2-3,7H2,1H3,(H,14,16)/i/hT. The van der Waals surface area contributed by atoms with E-state index in [1.165, 1.54) is 24.1 Å². The van der Waals surface area contributed by atoms with Crippen molar-refractivity contribution in [2.45, 2.75) is 25.4 Å². The van der Waals surface area contributed by atoms with E-state index < -0.39 is 0 Å². The molecule has 1 N–H and O–H groups in total. The summed E-state index contributed by atoms with van der Waals surface area (Å²) in [5.41, 5.74) is 1.65. The van der Waals surface area contributed by atoms with Crippen LogP contribution in [0.5, 0.6) is 5.88 Å². The van der Waals surface area contributed by atoms with Crippen molar-refractivity contribution in [2.24, 2.45) is 7.05 Å². The Hall–Kier alpha value is -3.04. The fourth-order valence-corrected chi connectivity index (χ4v) is 2.34. The highest BCUT2D eigenvalue weighted by atomic mass is 16.5. The zero-order valence-electron chi connectivity index (χ0n) is 13.3. The zero-order valence-corrected chi connectivity index (χ0v) is 12.3. The normalized spacial score (nSPS) is 14.7. The third-order valence-electron chi connectivity index (χ3n) is 3.68. The molecule has 0 bridgehead atoms. The van der Waals surface area contributed by atoms with E-state index in [1.54, 1.807) is 6.07 Å². The maximum absolute atomic E-state index is 12.2. The molecule has 0 unspecified atom stereocenters. The van der Waals surface area contributed by atoms with Crippen molar-refractivity contribution in [3.05, 3.63) is 40.2 Å². The van der Waals surface area contributed by atoms with Gasteiger partial charge in [0.15, 0.2) is 1.41 Å². The minimum absolute atomic E-state index is 0.150. The van der Waals surface area contributed by atoms with Crippen LogP contribution in [0.2, 0.25) is 1.41 Å². The average Bonchev–Trinajstić information content (AvgIpc) is 3.27. The lowest BCUT2D eigenvalue weighted by molar-refractivity contribution is 0.290. The molecule has 0 atom stereocenters. The number of tetrazole rings is 1. The summed E-state index contributed by atoms with van der Waals surface area (Å²) in [7, 11) is 1.53. The Morgan fingerprint density at radius 3 is 3.00 bits per heavy atom. The van der Waals surface area contributed by atoms with Gasteiger partial charge in [0.05, 0.1) is 11.9 Å². The Labute approximate surface area is 131 Å². The lowest BCUT2D eigenvalue weighted by Gasteiger charge is -2.11. The molecule has 1 aliphatic carbocycles. The van der Waals surface area contributed by atoms with Crippen LogP contribution in [0.4, 0.5) is 0 Å². The summed E-state index contributed by atoms with van der Waals surface area (Å²) in [5.74, 6) is 0.637. The first-order chi connectivity index (χ1) is 11.6. The molecule has 1 aliphatic rings. The topological polar surface area (TPSA) is 116 Å². The summed E-state index contributed by atoms with van der Waals surface area (Å²) < 4.78 is 15.3. The maximum atomic E-state index is 12.2. The summed E-state index contributed by atoms with van der Waals surface area (Å²) in [6.45, 7) is 0.150. The Bertz CT molecular complexity index is 942. The van der Waals surface area contributed by atoms with Crippen LogP contribution >= 0.6 is 0 Å². The molecule has 3 aromatic heterocycles. The number of aromatic amines is 1. The molecule has 10 heteroatoms. The molecule has 118 valence electrons. The van der Waals surface area contributed by atoms with Gasteiger partial charge in [-0.1, -0.05) is 0 Å². The van der Waals surface area contributed by atoms with Gasteiger partial charge in [0.2, 0.25) is 5.88 Å². The molecule has 23 heavy (non-hydrogen) atoms. The SMILES string of the molecule is [3H]n1ccc(OCc2c(-n3nnn(C)c3=O)cnnc2C2CC2)n1. The molecule has 0 aromatic carbocycles. The molecular weight excluding hydrogens is 300 g/mol. The molecule has 0 radical (unpaired) electrons. The summed E-state index contributed by atoms with van der Waals surface area (Å²) in [6, 6.07) is 1.59. The Morgan fingerprint density at radius 2 is 2.35 bits per heavy atom. The van der Waals surface area contributed by atoms with E-state index in [9.17, 15) is 4.79 Å². The first-order valence-electron chi connectivity index (χ1n) is 7.60. The summed E-state index contributed by atoms with van der Waals surface area (Å²) in [6.07, 6.45) is 5.00. The first-order valence-corrected chi connectivity index (χ1v) is 7.15. The highest BCUT2D eigenvalue weighted by molar-refractivity contribution is 5.42. The predicted molar refractivity (Wildman–Crippen MR) is 77.1 cm³/mol.